The summed E-state index contributed by atoms with van der Waals surface area (Å²) in [5, 5.41) is 19.0. The number of methoxy groups -OCH3 is 1. The number of aliphatic hydroxyl groups excluding tert-OH is 1. The van der Waals surface area contributed by atoms with E-state index >= 15 is 0 Å². The van der Waals surface area contributed by atoms with Gasteiger partial charge in [0.15, 0.2) is 0 Å². The second-order valence-corrected chi connectivity index (χ2v) is 6.02. The Hall–Kier alpha value is -1.99. The van der Waals surface area contributed by atoms with Gasteiger partial charge in [-0.25, -0.2) is 0 Å². The first-order valence-electron chi connectivity index (χ1n) is 7.28. The molecule has 0 radical (unpaired) electrons. The van der Waals surface area contributed by atoms with Crippen LogP contribution in [0.1, 0.15) is 16.9 Å². The van der Waals surface area contributed by atoms with Gasteiger partial charge in [0.2, 0.25) is 0 Å². The summed E-state index contributed by atoms with van der Waals surface area (Å²) < 4.78 is 5.12. The molecule has 0 saturated heterocycles. The minimum absolute atomic E-state index is 0.0776. The molecule has 23 heavy (non-hydrogen) atoms. The average Bonchev–Trinajstić information content (AvgIpc) is 3.08. The van der Waals surface area contributed by atoms with Crippen LogP contribution < -0.4 is 10.1 Å². The van der Waals surface area contributed by atoms with Crippen molar-refractivity contribution < 1.29 is 14.6 Å². The normalized spacial score (nSPS) is 12.0. The highest BCUT2D eigenvalue weighted by molar-refractivity contribution is 7.98. The number of carbonyl (C=O) groups excluding carboxylic acids is 1. The fraction of sp³-hybridized carbons (Fsp3) is 0.375. The number of aromatic nitrogens is 2. The van der Waals surface area contributed by atoms with E-state index in [1.165, 1.54) is 0 Å². The van der Waals surface area contributed by atoms with Crippen molar-refractivity contribution >= 4 is 17.7 Å². The number of hydrogen-bond donors (Lipinski definition) is 3. The van der Waals surface area contributed by atoms with Gasteiger partial charge in [0, 0.05) is 5.56 Å². The Bertz CT molecular complexity index is 628. The van der Waals surface area contributed by atoms with Gasteiger partial charge in [0.25, 0.3) is 5.91 Å². The third-order valence-electron chi connectivity index (χ3n) is 3.43. The molecule has 1 aromatic carbocycles. The van der Waals surface area contributed by atoms with Crippen molar-refractivity contribution in [2.75, 3.05) is 25.7 Å². The Morgan fingerprint density at radius 1 is 1.43 bits per heavy atom. The average molecular weight is 335 g/mol. The zero-order chi connectivity index (χ0) is 16.7. The molecule has 124 valence electrons. The Morgan fingerprint density at radius 3 is 2.78 bits per heavy atom. The summed E-state index contributed by atoms with van der Waals surface area (Å²) in [5.74, 6) is 1.38. The molecule has 1 atom stereocenters. The van der Waals surface area contributed by atoms with E-state index in [1.54, 1.807) is 24.9 Å². The first kappa shape index (κ1) is 17.4. The van der Waals surface area contributed by atoms with Crippen LogP contribution in [0.15, 0.2) is 30.3 Å². The molecule has 0 aliphatic rings. The van der Waals surface area contributed by atoms with Crippen LogP contribution in [0.3, 0.4) is 0 Å². The summed E-state index contributed by atoms with van der Waals surface area (Å²) in [5.41, 5.74) is 1.95. The van der Waals surface area contributed by atoms with Gasteiger partial charge in [-0.1, -0.05) is 0 Å². The predicted octanol–water partition coefficient (Wildman–Crippen LogP) is 1.93. The number of nitrogens with one attached hydrogen (secondary N) is 2. The number of amides is 1. The van der Waals surface area contributed by atoms with Crippen LogP contribution in [0.25, 0.3) is 11.3 Å². The molecule has 0 unspecified atom stereocenters. The maximum atomic E-state index is 12.2. The molecule has 0 aliphatic heterocycles. The number of rotatable bonds is 8. The second-order valence-electron chi connectivity index (χ2n) is 5.03. The minimum atomic E-state index is -0.266. The van der Waals surface area contributed by atoms with Gasteiger partial charge < -0.3 is 15.2 Å². The zero-order valence-corrected chi connectivity index (χ0v) is 14.0. The molecule has 6 nitrogen and oxygen atoms in total. The van der Waals surface area contributed by atoms with Crippen molar-refractivity contribution in [1.29, 1.82) is 0 Å². The van der Waals surface area contributed by atoms with E-state index in [1.807, 2.05) is 30.5 Å². The third kappa shape index (κ3) is 4.74. The monoisotopic (exact) mass is 335 g/mol. The van der Waals surface area contributed by atoms with E-state index in [4.69, 9.17) is 4.74 Å². The summed E-state index contributed by atoms with van der Waals surface area (Å²) in [6, 6.07) is 8.89. The fourth-order valence-corrected chi connectivity index (χ4v) is 2.60. The lowest BCUT2D eigenvalue weighted by Gasteiger charge is -2.14. The summed E-state index contributed by atoms with van der Waals surface area (Å²) in [7, 11) is 1.61. The molecule has 2 aromatic rings. The molecule has 0 spiro atoms. The van der Waals surface area contributed by atoms with Crippen LogP contribution >= 0.6 is 11.8 Å². The van der Waals surface area contributed by atoms with E-state index in [0.29, 0.717) is 11.4 Å². The Balaban J connectivity index is 2.03. The van der Waals surface area contributed by atoms with Crippen molar-refractivity contribution in [2.24, 2.45) is 0 Å². The number of thioether (sulfide) groups is 1. The van der Waals surface area contributed by atoms with Crippen LogP contribution in [-0.4, -0.2) is 53.0 Å². The molecule has 0 bridgehead atoms. The standard InChI is InChI=1S/C16H21N3O3S/c1-22-13-5-3-11(4-6-13)14-9-15(19-18-14)16(21)17-12(10-20)7-8-23-2/h3-6,9,12,20H,7-8,10H2,1-2H3,(H,17,21)(H,18,19)/t12-/m0/s1. The molecule has 0 aliphatic carbocycles. The van der Waals surface area contributed by atoms with Crippen LogP contribution in [-0.2, 0) is 0 Å². The SMILES string of the molecule is COc1ccc(-c2cc(C(=O)N[C@H](CO)CCSC)[nH]n2)cc1. The van der Waals surface area contributed by atoms with Crippen LogP contribution in [0.2, 0.25) is 0 Å². The van der Waals surface area contributed by atoms with Crippen molar-refractivity contribution in [1.82, 2.24) is 15.5 Å². The predicted molar refractivity (Wildman–Crippen MR) is 91.9 cm³/mol. The topological polar surface area (TPSA) is 87.2 Å². The summed E-state index contributed by atoms with van der Waals surface area (Å²) in [6.45, 7) is -0.0776. The minimum Gasteiger partial charge on any atom is -0.497 e. The molecular weight excluding hydrogens is 314 g/mol. The zero-order valence-electron chi connectivity index (χ0n) is 13.2. The first-order chi connectivity index (χ1) is 11.2. The van der Waals surface area contributed by atoms with Crippen LogP contribution in [0.5, 0.6) is 5.75 Å². The highest BCUT2D eigenvalue weighted by Crippen LogP contribution is 2.21. The molecule has 1 aromatic heterocycles. The molecule has 0 fully saturated rings. The first-order valence-corrected chi connectivity index (χ1v) is 8.67. The van der Waals surface area contributed by atoms with Gasteiger partial charge in [-0.15, -0.1) is 0 Å². The molecule has 3 N–H and O–H groups in total. The summed E-state index contributed by atoms with van der Waals surface area (Å²) in [6.07, 6.45) is 2.72. The number of aliphatic hydroxyl groups is 1. The smallest absolute Gasteiger partial charge is 0.269 e. The van der Waals surface area contributed by atoms with Crippen molar-refractivity contribution in [2.45, 2.75) is 12.5 Å². The van der Waals surface area contributed by atoms with Crippen molar-refractivity contribution in [3.05, 3.63) is 36.0 Å². The van der Waals surface area contributed by atoms with Gasteiger partial charge in [-0.05, 0) is 48.8 Å². The lowest BCUT2D eigenvalue weighted by atomic mass is 10.1. The quantitative estimate of drug-likeness (QED) is 0.686. The van der Waals surface area contributed by atoms with E-state index in [2.05, 4.69) is 15.5 Å². The summed E-state index contributed by atoms with van der Waals surface area (Å²) in [4.78, 5) is 12.2. The highest BCUT2D eigenvalue weighted by atomic mass is 32.2. The molecule has 0 saturated carbocycles. The van der Waals surface area contributed by atoms with E-state index < -0.39 is 0 Å². The molecule has 7 heteroatoms. The van der Waals surface area contributed by atoms with E-state index in [0.717, 1.165) is 23.5 Å². The van der Waals surface area contributed by atoms with Crippen LogP contribution in [0, 0.1) is 0 Å². The number of ether oxygens (including phenoxy) is 1. The van der Waals surface area contributed by atoms with Gasteiger partial charge in [-0.3, -0.25) is 9.89 Å². The van der Waals surface area contributed by atoms with Crippen LogP contribution in [0.4, 0.5) is 0 Å². The number of benzene rings is 1. The van der Waals surface area contributed by atoms with Gasteiger partial charge in [0.1, 0.15) is 11.4 Å². The lowest BCUT2D eigenvalue weighted by Crippen LogP contribution is -2.38. The fourth-order valence-electron chi connectivity index (χ4n) is 2.08. The van der Waals surface area contributed by atoms with E-state index in [9.17, 15) is 9.90 Å². The largest absolute Gasteiger partial charge is 0.497 e. The lowest BCUT2D eigenvalue weighted by molar-refractivity contribution is 0.0910. The van der Waals surface area contributed by atoms with Crippen molar-refractivity contribution in [3.8, 4) is 17.0 Å². The Kier molecular flexibility index (Phi) is 6.49. The maximum Gasteiger partial charge on any atom is 0.269 e. The van der Waals surface area contributed by atoms with Gasteiger partial charge in [-0.2, -0.15) is 16.9 Å². The van der Waals surface area contributed by atoms with Gasteiger partial charge >= 0.3 is 0 Å². The number of nitrogens with zero attached hydrogens (tertiary/aromatic N) is 1. The number of H-pyrrole nitrogens is 1. The van der Waals surface area contributed by atoms with Crippen molar-refractivity contribution in [3.63, 3.8) is 0 Å². The highest BCUT2D eigenvalue weighted by Gasteiger charge is 2.15. The molecule has 1 heterocycles. The Morgan fingerprint density at radius 2 is 2.17 bits per heavy atom. The van der Waals surface area contributed by atoms with Gasteiger partial charge in [0.05, 0.1) is 25.5 Å². The molecular formula is C16H21N3O3S. The maximum absolute atomic E-state index is 12.2. The molecule has 2 rings (SSSR count). The number of hydrogen-bond acceptors (Lipinski definition) is 5. The number of carbonyl (C=O) groups is 1. The Labute approximate surface area is 139 Å². The number of aromatic amines is 1. The molecule has 1 amide bonds. The van der Waals surface area contributed by atoms with E-state index in [-0.39, 0.29) is 18.6 Å². The third-order valence-corrected chi connectivity index (χ3v) is 4.08. The summed E-state index contributed by atoms with van der Waals surface area (Å²) >= 11 is 1.68. The second kappa shape index (κ2) is 8.59.